The van der Waals surface area contributed by atoms with Gasteiger partial charge in [0, 0.05) is 0 Å². The van der Waals surface area contributed by atoms with Crippen LogP contribution < -0.4 is 40.0 Å². The topological polar surface area (TPSA) is 119 Å². The summed E-state index contributed by atoms with van der Waals surface area (Å²) in [5.41, 5.74) is -1.15. The van der Waals surface area contributed by atoms with Crippen molar-refractivity contribution in [1.82, 2.24) is 5.32 Å². The number of hydrogen-bond acceptors (Lipinski definition) is 4. The minimum Gasteiger partial charge on any atom is -0.846 e. The van der Waals surface area contributed by atoms with Crippen LogP contribution in [0.5, 0.6) is 0 Å². The summed E-state index contributed by atoms with van der Waals surface area (Å²) in [5.74, 6) is -1.20. The largest absolute Gasteiger partial charge is 1.00 e. The summed E-state index contributed by atoms with van der Waals surface area (Å²) in [5, 5.41) is 20.0. The maximum atomic E-state index is 11.9. The van der Waals surface area contributed by atoms with Crippen molar-refractivity contribution in [3.63, 3.8) is 0 Å². The fourth-order valence-electron chi connectivity index (χ4n) is 2.30. The van der Waals surface area contributed by atoms with Gasteiger partial charge in [-0.25, -0.2) is 4.99 Å². The molecule has 1 aliphatic rings. The van der Waals surface area contributed by atoms with Gasteiger partial charge in [0.25, 0.3) is 12.4 Å². The van der Waals surface area contributed by atoms with Gasteiger partial charge in [0.2, 0.25) is 5.91 Å². The van der Waals surface area contributed by atoms with Crippen molar-refractivity contribution in [3.05, 3.63) is 0 Å². The maximum Gasteiger partial charge on any atom is 1.00 e. The Morgan fingerprint density at radius 2 is 1.95 bits per heavy atom. The Kier molecular flexibility index (Phi) is 10.6. The molecule has 1 aliphatic heterocycles. The van der Waals surface area contributed by atoms with Crippen LogP contribution in [-0.2, 0) is 14.4 Å². The van der Waals surface area contributed by atoms with Gasteiger partial charge in [-0.1, -0.05) is 27.2 Å². The molecule has 8 heteroatoms. The van der Waals surface area contributed by atoms with E-state index in [4.69, 9.17) is 9.90 Å². The van der Waals surface area contributed by atoms with Crippen LogP contribution in [0.4, 0.5) is 0 Å². The van der Waals surface area contributed by atoms with E-state index in [-0.39, 0.29) is 41.9 Å². The van der Waals surface area contributed by atoms with Gasteiger partial charge in [0.05, 0.1) is 6.02 Å². The minimum atomic E-state index is -1.15. The molecular weight excluding hydrogens is 275 g/mol. The molecule has 0 bridgehead atoms. The molecule has 108 valence electrons. The summed E-state index contributed by atoms with van der Waals surface area (Å²) >= 11 is 0. The third-order valence-electron chi connectivity index (χ3n) is 3.33. The Labute approximate surface area is 140 Å². The monoisotopic (exact) mass is 294 g/mol. The number of nitrogens with one attached hydrogen (secondary N) is 1. The van der Waals surface area contributed by atoms with E-state index in [2.05, 4.69) is 10.3 Å². The Morgan fingerprint density at radius 1 is 1.45 bits per heavy atom. The molecule has 0 aromatic rings. The minimum absolute atomic E-state index is 0. The third kappa shape index (κ3) is 4.57. The first kappa shape index (κ1) is 21.4. The molecule has 0 radical (unpaired) electrons. The van der Waals surface area contributed by atoms with Crippen LogP contribution in [0.1, 0.15) is 40.0 Å². The fraction of sp³-hybridized carbons (Fsp3) is 0.667. The molecule has 1 rings (SSSR count). The van der Waals surface area contributed by atoms with Crippen LogP contribution in [0.2, 0.25) is 0 Å². The van der Waals surface area contributed by atoms with Gasteiger partial charge in [-0.05, 0) is 18.8 Å². The Bertz CT molecular complexity index is 386. The van der Waals surface area contributed by atoms with Crippen LogP contribution in [0, 0.1) is 11.3 Å². The first-order valence-corrected chi connectivity index (χ1v) is 6.10. The standard InChI is InChI=1S/C11H18N2O3.CH2O2.Na/c1-4-6-7(3)11(5-2)8(14)12-10(16)13-9(11)15;2-1-3;/h7H,4-6H2,1-3H3,(H2,12,13,14,15,16);1H,(H,2,3);/q;;+1/p-1. The van der Waals surface area contributed by atoms with Crippen molar-refractivity contribution in [2.75, 3.05) is 0 Å². The number of amides is 2. The smallest absolute Gasteiger partial charge is 0.846 e. The molecule has 0 saturated carbocycles. The molecule has 0 aliphatic carbocycles. The number of rotatable bonds is 4. The molecule has 2 unspecified atom stereocenters. The third-order valence-corrected chi connectivity index (χ3v) is 3.33. The van der Waals surface area contributed by atoms with E-state index < -0.39 is 23.3 Å². The molecule has 0 spiro atoms. The van der Waals surface area contributed by atoms with E-state index >= 15 is 0 Å². The van der Waals surface area contributed by atoms with Crippen LogP contribution in [0.15, 0.2) is 4.99 Å². The molecule has 2 amide bonds. The van der Waals surface area contributed by atoms with Crippen molar-refractivity contribution >= 4 is 24.3 Å². The molecule has 0 saturated heterocycles. The average molecular weight is 294 g/mol. The molecule has 0 aromatic carbocycles. The Morgan fingerprint density at radius 3 is 2.30 bits per heavy atom. The van der Waals surface area contributed by atoms with Gasteiger partial charge in [0.15, 0.2) is 0 Å². The number of carbonyl (C=O) groups excluding carboxylic acids is 2. The van der Waals surface area contributed by atoms with Gasteiger partial charge in [-0.15, -0.1) is 0 Å². The van der Waals surface area contributed by atoms with Crippen molar-refractivity contribution < 1.29 is 54.2 Å². The summed E-state index contributed by atoms with van der Waals surface area (Å²) in [7, 11) is 0. The van der Waals surface area contributed by atoms with E-state index in [1.807, 2.05) is 13.8 Å². The van der Waals surface area contributed by atoms with Crippen LogP contribution in [0.3, 0.4) is 0 Å². The Hall–Kier alpha value is -0.920. The molecule has 2 N–H and O–H groups in total. The van der Waals surface area contributed by atoms with Crippen molar-refractivity contribution in [2.24, 2.45) is 16.3 Å². The first-order chi connectivity index (χ1) is 8.90. The van der Waals surface area contributed by atoms with Crippen LogP contribution in [0.25, 0.3) is 0 Å². The van der Waals surface area contributed by atoms with E-state index in [9.17, 15) is 14.7 Å². The second kappa shape index (κ2) is 9.90. The predicted molar refractivity (Wildman–Crippen MR) is 66.1 cm³/mol. The van der Waals surface area contributed by atoms with Gasteiger partial charge in [-0.3, -0.25) is 14.4 Å². The number of carboxylic acid groups (broad SMARTS) is 1. The number of amidine groups is 1. The van der Waals surface area contributed by atoms with E-state index in [0.29, 0.717) is 6.42 Å². The SMILES string of the molecule is CCCC(C)C1(CC)C(=O)N=C([O-])NC1=O.O=CO.[Na+]. The van der Waals surface area contributed by atoms with Crippen molar-refractivity contribution in [3.8, 4) is 0 Å². The predicted octanol–water partition coefficient (Wildman–Crippen LogP) is -3.10. The summed E-state index contributed by atoms with van der Waals surface area (Å²) in [6.45, 7) is 5.37. The fourth-order valence-corrected chi connectivity index (χ4v) is 2.30. The summed E-state index contributed by atoms with van der Waals surface area (Å²) < 4.78 is 0. The van der Waals surface area contributed by atoms with Gasteiger partial charge in [-0.2, -0.15) is 0 Å². The van der Waals surface area contributed by atoms with Crippen molar-refractivity contribution in [1.29, 1.82) is 0 Å². The maximum absolute atomic E-state index is 11.9. The second-order valence-electron chi connectivity index (χ2n) is 4.30. The van der Waals surface area contributed by atoms with Crippen molar-refractivity contribution in [2.45, 2.75) is 40.0 Å². The van der Waals surface area contributed by atoms with E-state index in [0.717, 1.165) is 12.8 Å². The summed E-state index contributed by atoms with van der Waals surface area (Å²) in [6, 6.07) is -0.845. The average Bonchev–Trinajstić information content (AvgIpc) is 2.30. The number of aliphatic imine (C=N–C) groups is 1. The van der Waals surface area contributed by atoms with Gasteiger partial charge < -0.3 is 15.5 Å². The van der Waals surface area contributed by atoms with E-state index in [1.54, 1.807) is 6.92 Å². The molecule has 7 nitrogen and oxygen atoms in total. The number of hydrogen-bond donors (Lipinski definition) is 2. The van der Waals surface area contributed by atoms with Gasteiger partial charge >= 0.3 is 29.6 Å². The second-order valence-corrected chi connectivity index (χ2v) is 4.30. The quantitative estimate of drug-likeness (QED) is 0.323. The molecule has 0 fully saturated rings. The molecule has 0 aromatic heterocycles. The zero-order valence-corrected chi connectivity index (χ0v) is 14.3. The molecular formula is C12H19N2NaO5. The zero-order chi connectivity index (χ0) is 15.1. The summed E-state index contributed by atoms with van der Waals surface area (Å²) in [4.78, 5) is 35.4. The molecule has 20 heavy (non-hydrogen) atoms. The zero-order valence-electron chi connectivity index (χ0n) is 12.3. The van der Waals surface area contributed by atoms with Crippen LogP contribution in [-0.4, -0.2) is 29.4 Å². The number of nitrogens with zero attached hydrogens (tertiary/aromatic N) is 1. The van der Waals surface area contributed by atoms with E-state index in [1.165, 1.54) is 0 Å². The molecule has 2 atom stereocenters. The van der Waals surface area contributed by atoms with Crippen LogP contribution >= 0.6 is 0 Å². The molecule has 1 heterocycles. The normalized spacial score (nSPS) is 22.4. The summed E-state index contributed by atoms with van der Waals surface area (Å²) in [6.07, 6.45) is 2.02. The number of carbonyl (C=O) groups is 3. The first-order valence-electron chi connectivity index (χ1n) is 6.10. The Balaban J connectivity index is 0. The van der Waals surface area contributed by atoms with Gasteiger partial charge in [0.1, 0.15) is 5.41 Å².